The maximum absolute atomic E-state index is 13.6. The number of aryl methyl sites for hydroxylation is 1. The lowest BCUT2D eigenvalue weighted by molar-refractivity contribution is -0.274. The van der Waals surface area contributed by atoms with E-state index in [1.54, 1.807) is 30.9 Å². The Bertz CT molecular complexity index is 1550. The van der Waals surface area contributed by atoms with Crippen LogP contribution in [0.4, 0.5) is 23.4 Å². The lowest BCUT2D eigenvalue weighted by atomic mass is 9.96. The van der Waals surface area contributed by atoms with Crippen LogP contribution in [0.15, 0.2) is 43.0 Å². The number of hydrogen-bond donors (Lipinski definition) is 1. The van der Waals surface area contributed by atoms with Crippen molar-refractivity contribution in [1.82, 2.24) is 29.7 Å². The highest BCUT2D eigenvalue weighted by atomic mass is 19.4. The van der Waals surface area contributed by atoms with E-state index in [1.165, 1.54) is 23.7 Å². The number of nitrogens with zero attached hydrogens (tertiary/aromatic N) is 6. The molecule has 12 heteroatoms. The first-order valence-corrected chi connectivity index (χ1v) is 13.1. The highest BCUT2D eigenvalue weighted by Gasteiger charge is 2.31. The van der Waals surface area contributed by atoms with Gasteiger partial charge in [-0.2, -0.15) is 5.10 Å². The first-order chi connectivity index (χ1) is 19.1. The summed E-state index contributed by atoms with van der Waals surface area (Å²) in [7, 11) is 0. The van der Waals surface area contributed by atoms with Crippen LogP contribution in [0.1, 0.15) is 60.3 Å². The van der Waals surface area contributed by atoms with Crippen LogP contribution >= 0.6 is 0 Å². The molecule has 0 radical (unpaired) electrons. The van der Waals surface area contributed by atoms with Gasteiger partial charge in [0.25, 0.3) is 0 Å². The molecule has 2 aliphatic rings. The van der Waals surface area contributed by atoms with E-state index < -0.39 is 12.7 Å². The molecule has 0 saturated carbocycles. The van der Waals surface area contributed by atoms with Gasteiger partial charge in [-0.25, -0.2) is 24.0 Å². The average Bonchev–Trinajstić information content (AvgIpc) is 3.66. The third kappa shape index (κ3) is 5.17. The Morgan fingerprint density at radius 3 is 2.50 bits per heavy atom. The van der Waals surface area contributed by atoms with Crippen LogP contribution in [0.5, 0.6) is 5.75 Å². The fourth-order valence-electron chi connectivity index (χ4n) is 5.39. The van der Waals surface area contributed by atoms with Gasteiger partial charge in [-0.05, 0) is 62.6 Å². The quantitative estimate of drug-likeness (QED) is 0.285. The van der Waals surface area contributed by atoms with Crippen molar-refractivity contribution in [3.63, 3.8) is 0 Å². The summed E-state index contributed by atoms with van der Waals surface area (Å²) >= 11 is 0. The number of aromatic amines is 1. The fourth-order valence-corrected chi connectivity index (χ4v) is 5.39. The molecule has 1 saturated heterocycles. The van der Waals surface area contributed by atoms with E-state index in [-0.39, 0.29) is 11.7 Å². The number of piperidine rings is 1. The molecule has 1 aliphatic carbocycles. The number of benzene rings is 1. The summed E-state index contributed by atoms with van der Waals surface area (Å²) in [5.74, 6) is 1.71. The number of alkyl halides is 4. The van der Waals surface area contributed by atoms with E-state index in [0.29, 0.717) is 12.1 Å². The van der Waals surface area contributed by atoms with Gasteiger partial charge in [0, 0.05) is 54.0 Å². The molecule has 4 aromatic rings. The molecule has 1 aromatic carbocycles. The van der Waals surface area contributed by atoms with E-state index >= 15 is 0 Å². The zero-order valence-corrected chi connectivity index (χ0v) is 21.9. The molecule has 1 atom stereocenters. The van der Waals surface area contributed by atoms with E-state index in [2.05, 4.69) is 35.8 Å². The Hall–Kier alpha value is -4.22. The Labute approximate surface area is 227 Å². The second kappa shape index (κ2) is 10.1. The lowest BCUT2D eigenvalue weighted by Crippen LogP contribution is -2.34. The third-order valence-electron chi connectivity index (χ3n) is 7.40. The van der Waals surface area contributed by atoms with Gasteiger partial charge in [0.1, 0.15) is 23.7 Å². The summed E-state index contributed by atoms with van der Waals surface area (Å²) in [6.45, 7) is 4.93. The van der Waals surface area contributed by atoms with Crippen molar-refractivity contribution in [3.8, 4) is 17.0 Å². The smallest absolute Gasteiger partial charge is 0.406 e. The maximum Gasteiger partial charge on any atom is 0.573 e. The van der Waals surface area contributed by atoms with Gasteiger partial charge in [-0.3, -0.25) is 0 Å². The van der Waals surface area contributed by atoms with Crippen LogP contribution in [0.25, 0.3) is 22.9 Å². The average molecular weight is 554 g/mol. The topological polar surface area (TPSA) is 84.8 Å². The summed E-state index contributed by atoms with van der Waals surface area (Å²) in [6.07, 6.45) is 3.51. The second-order valence-electron chi connectivity index (χ2n) is 10.1. The van der Waals surface area contributed by atoms with Gasteiger partial charge in [-0.1, -0.05) is 0 Å². The number of anilines is 1. The van der Waals surface area contributed by atoms with Gasteiger partial charge in [-0.15, -0.1) is 13.2 Å². The molecule has 1 unspecified atom stereocenters. The van der Waals surface area contributed by atoms with Crippen molar-refractivity contribution in [2.45, 2.75) is 51.7 Å². The van der Waals surface area contributed by atoms with Crippen LogP contribution in [0.2, 0.25) is 0 Å². The van der Waals surface area contributed by atoms with Crippen molar-refractivity contribution in [2.24, 2.45) is 0 Å². The SMILES string of the molecule is Cc1[nH]c(C2CCN(c3ncnc4c3C=C(c3cnn(C(C)F)c3)C4)CC2)nc1-c1ccc(OC(F)(F)F)cc1. The van der Waals surface area contributed by atoms with E-state index in [9.17, 15) is 17.6 Å². The van der Waals surface area contributed by atoms with Gasteiger partial charge in [0.15, 0.2) is 6.30 Å². The molecule has 8 nitrogen and oxygen atoms in total. The summed E-state index contributed by atoms with van der Waals surface area (Å²) in [5, 5.41) is 4.12. The Morgan fingerprint density at radius 2 is 1.82 bits per heavy atom. The van der Waals surface area contributed by atoms with Crippen molar-refractivity contribution in [2.75, 3.05) is 18.0 Å². The van der Waals surface area contributed by atoms with Crippen LogP contribution in [-0.2, 0) is 6.42 Å². The Morgan fingerprint density at radius 1 is 1.07 bits per heavy atom. The lowest BCUT2D eigenvalue weighted by Gasteiger charge is -2.32. The summed E-state index contributed by atoms with van der Waals surface area (Å²) in [6, 6.07) is 5.75. The Balaban J connectivity index is 1.14. The van der Waals surface area contributed by atoms with Gasteiger partial charge >= 0.3 is 6.36 Å². The van der Waals surface area contributed by atoms with E-state index in [0.717, 1.165) is 71.2 Å². The summed E-state index contributed by atoms with van der Waals surface area (Å²) in [5.41, 5.74) is 6.14. The van der Waals surface area contributed by atoms with Crippen LogP contribution in [0.3, 0.4) is 0 Å². The number of fused-ring (bicyclic) bond motifs is 1. The second-order valence-corrected chi connectivity index (χ2v) is 10.1. The van der Waals surface area contributed by atoms with Crippen LogP contribution in [-0.4, -0.2) is 49.2 Å². The number of H-pyrrole nitrogens is 1. The highest BCUT2D eigenvalue weighted by molar-refractivity contribution is 5.90. The fraction of sp³-hybridized carbons (Fsp3) is 0.357. The molecule has 0 amide bonds. The molecule has 4 heterocycles. The molecular formula is C28H27F4N7O. The maximum atomic E-state index is 13.6. The Kier molecular flexibility index (Phi) is 6.55. The van der Waals surface area contributed by atoms with E-state index in [1.807, 2.05) is 6.92 Å². The molecule has 1 N–H and O–H groups in total. The standard InChI is InChI=1S/C28H27F4N7O/c1-16-25(18-3-5-22(6-4-18)40-28(30,31)32)37-26(36-16)19-7-9-38(10-8-19)27-23-11-20(12-24(23)33-15-34-27)21-13-35-39(14-21)17(2)29/h3-6,11,13-15,17,19H,7-10,12H2,1-2H3,(H,36,37). The van der Waals surface area contributed by atoms with Crippen molar-refractivity contribution < 1.29 is 22.3 Å². The number of hydrogen-bond acceptors (Lipinski definition) is 6. The molecule has 40 heavy (non-hydrogen) atoms. The van der Waals surface area contributed by atoms with Crippen molar-refractivity contribution >= 4 is 17.5 Å². The predicted molar refractivity (Wildman–Crippen MR) is 141 cm³/mol. The number of rotatable bonds is 6. The van der Waals surface area contributed by atoms with Gasteiger partial charge in [0.05, 0.1) is 17.6 Å². The molecule has 1 aliphatic heterocycles. The number of allylic oxidation sites excluding steroid dienone is 1. The van der Waals surface area contributed by atoms with Crippen LogP contribution < -0.4 is 9.64 Å². The predicted octanol–water partition coefficient (Wildman–Crippen LogP) is 6.24. The van der Waals surface area contributed by atoms with Crippen molar-refractivity contribution in [1.29, 1.82) is 0 Å². The van der Waals surface area contributed by atoms with E-state index in [4.69, 9.17) is 4.98 Å². The molecular weight excluding hydrogens is 526 g/mol. The first kappa shape index (κ1) is 26.0. The number of ether oxygens (including phenoxy) is 1. The van der Waals surface area contributed by atoms with Gasteiger partial charge in [0.2, 0.25) is 0 Å². The molecule has 208 valence electrons. The zero-order valence-electron chi connectivity index (χ0n) is 21.9. The summed E-state index contributed by atoms with van der Waals surface area (Å²) in [4.78, 5) is 19.6. The number of halogens is 4. The minimum atomic E-state index is -4.73. The highest BCUT2D eigenvalue weighted by Crippen LogP contribution is 2.38. The number of nitrogens with one attached hydrogen (secondary N) is 1. The van der Waals surface area contributed by atoms with Crippen LogP contribution in [0, 0.1) is 6.92 Å². The number of imidazole rings is 1. The van der Waals surface area contributed by atoms with Crippen molar-refractivity contribution in [3.05, 3.63) is 71.3 Å². The minimum Gasteiger partial charge on any atom is -0.406 e. The minimum absolute atomic E-state index is 0.214. The zero-order chi connectivity index (χ0) is 28.0. The monoisotopic (exact) mass is 553 g/mol. The normalized spacial score (nSPS) is 16.6. The largest absolute Gasteiger partial charge is 0.573 e. The summed E-state index contributed by atoms with van der Waals surface area (Å²) < 4.78 is 56.4. The first-order valence-electron chi connectivity index (χ1n) is 13.1. The molecule has 0 spiro atoms. The molecule has 3 aromatic heterocycles. The molecule has 1 fully saturated rings. The number of aromatic nitrogens is 6. The molecule has 0 bridgehead atoms. The third-order valence-corrected chi connectivity index (χ3v) is 7.40. The molecule has 6 rings (SSSR count). The van der Waals surface area contributed by atoms with Gasteiger partial charge < -0.3 is 14.6 Å².